The van der Waals surface area contributed by atoms with Crippen LogP contribution in [0.1, 0.15) is 26.3 Å². The molecule has 0 unspecified atom stereocenters. The fraction of sp³-hybridized carbons (Fsp3) is 0.462. The van der Waals surface area contributed by atoms with E-state index in [1.54, 1.807) is 18.2 Å². The Morgan fingerprint density at radius 2 is 2.05 bits per heavy atom. The Hall–Kier alpha value is -1.46. The highest BCUT2D eigenvalue weighted by molar-refractivity contribution is 6.34. The van der Waals surface area contributed by atoms with E-state index in [9.17, 15) is 0 Å². The Bertz CT molecular complexity index is 456. The van der Waals surface area contributed by atoms with Crippen molar-refractivity contribution in [2.45, 2.75) is 26.4 Å². The van der Waals surface area contributed by atoms with E-state index in [0.717, 1.165) is 0 Å². The molecule has 0 radical (unpaired) electrons. The summed E-state index contributed by atoms with van der Waals surface area (Å²) in [7, 11) is 0. The second-order valence-electron chi connectivity index (χ2n) is 4.94. The van der Waals surface area contributed by atoms with Gasteiger partial charge >= 0.3 is 0 Å². The van der Waals surface area contributed by atoms with Crippen LogP contribution in [0.5, 0.6) is 5.75 Å². The van der Waals surface area contributed by atoms with Gasteiger partial charge in [-0.3, -0.25) is 0 Å². The maximum absolute atomic E-state index is 8.59. The largest absolute Gasteiger partial charge is 0.491 e. The van der Waals surface area contributed by atoms with Gasteiger partial charge in [0.15, 0.2) is 5.84 Å². The highest BCUT2D eigenvalue weighted by Crippen LogP contribution is 2.22. The van der Waals surface area contributed by atoms with Crippen LogP contribution in [0.25, 0.3) is 0 Å². The molecule has 0 aliphatic heterocycles. The van der Waals surface area contributed by atoms with E-state index in [1.807, 2.05) is 20.8 Å². The summed E-state index contributed by atoms with van der Waals surface area (Å²) in [4.78, 5) is 0. The van der Waals surface area contributed by atoms with Gasteiger partial charge in [-0.25, -0.2) is 0 Å². The molecule has 6 heteroatoms. The predicted octanol–water partition coefficient (Wildman–Crippen LogP) is 2.63. The molecule has 0 bridgehead atoms. The fourth-order valence-electron chi connectivity index (χ4n) is 1.35. The lowest BCUT2D eigenvalue weighted by Crippen LogP contribution is -2.22. The smallest absolute Gasteiger partial charge is 0.171 e. The normalized spacial score (nSPS) is 12.5. The molecular weight excluding hydrogens is 268 g/mol. The molecule has 3 N–H and O–H groups in total. The minimum absolute atomic E-state index is 0.0346. The zero-order valence-electron chi connectivity index (χ0n) is 11.3. The van der Waals surface area contributed by atoms with Gasteiger partial charge in [-0.15, -0.1) is 0 Å². The fourth-order valence-corrected chi connectivity index (χ4v) is 1.62. The van der Waals surface area contributed by atoms with Gasteiger partial charge in [-0.2, -0.15) is 0 Å². The lowest BCUT2D eigenvalue weighted by molar-refractivity contribution is -0.0163. The SMILES string of the molecule is CC(C)(C)OCCOc1ccc(/C(N)=N/O)c(Cl)c1. The van der Waals surface area contributed by atoms with Crippen LogP contribution in [-0.2, 0) is 4.74 Å². The number of halogens is 1. The number of ether oxygens (including phenoxy) is 2. The topological polar surface area (TPSA) is 77.1 Å². The summed E-state index contributed by atoms with van der Waals surface area (Å²) < 4.78 is 11.0. The molecule has 1 aromatic carbocycles. The van der Waals surface area contributed by atoms with Crippen LogP contribution in [0.2, 0.25) is 5.02 Å². The van der Waals surface area contributed by atoms with Crippen molar-refractivity contribution in [1.29, 1.82) is 0 Å². The summed E-state index contributed by atoms with van der Waals surface area (Å²) in [5, 5.41) is 11.9. The van der Waals surface area contributed by atoms with Crippen LogP contribution >= 0.6 is 11.6 Å². The first-order chi connectivity index (χ1) is 8.83. The molecule has 0 aliphatic carbocycles. The Labute approximate surface area is 117 Å². The zero-order chi connectivity index (χ0) is 14.5. The van der Waals surface area contributed by atoms with Crippen molar-refractivity contribution in [3.8, 4) is 5.75 Å². The Morgan fingerprint density at radius 3 is 2.58 bits per heavy atom. The number of nitrogens with two attached hydrogens (primary N) is 1. The van der Waals surface area contributed by atoms with Gasteiger partial charge in [0.2, 0.25) is 0 Å². The number of rotatable bonds is 5. The lowest BCUT2D eigenvalue weighted by atomic mass is 10.2. The van der Waals surface area contributed by atoms with Gasteiger partial charge in [0, 0.05) is 5.56 Å². The first-order valence-electron chi connectivity index (χ1n) is 5.87. The molecule has 0 saturated heterocycles. The van der Waals surface area contributed by atoms with Gasteiger partial charge in [0.1, 0.15) is 12.4 Å². The molecule has 0 aliphatic rings. The maximum Gasteiger partial charge on any atom is 0.171 e. The van der Waals surface area contributed by atoms with E-state index in [4.69, 9.17) is 32.0 Å². The van der Waals surface area contributed by atoms with E-state index < -0.39 is 0 Å². The Balaban J connectivity index is 2.55. The molecule has 5 nitrogen and oxygen atoms in total. The number of nitrogens with zero attached hydrogens (tertiary/aromatic N) is 1. The molecule has 0 heterocycles. The van der Waals surface area contributed by atoms with E-state index >= 15 is 0 Å². The van der Waals surface area contributed by atoms with Crippen LogP contribution in [0.4, 0.5) is 0 Å². The third-order valence-electron chi connectivity index (χ3n) is 2.21. The van der Waals surface area contributed by atoms with Crippen molar-refractivity contribution < 1.29 is 14.7 Å². The predicted molar refractivity (Wildman–Crippen MR) is 75.2 cm³/mol. The first-order valence-corrected chi connectivity index (χ1v) is 6.25. The average Bonchev–Trinajstić information content (AvgIpc) is 2.33. The molecule has 0 atom stereocenters. The van der Waals surface area contributed by atoms with Crippen LogP contribution in [0.3, 0.4) is 0 Å². The van der Waals surface area contributed by atoms with E-state index in [1.165, 1.54) is 0 Å². The Kier molecular flexibility index (Phi) is 5.44. The summed E-state index contributed by atoms with van der Waals surface area (Å²) >= 11 is 6.01. The summed E-state index contributed by atoms with van der Waals surface area (Å²) in [5.41, 5.74) is 5.75. The zero-order valence-corrected chi connectivity index (χ0v) is 12.1. The quantitative estimate of drug-likeness (QED) is 0.287. The number of hydrogen-bond donors (Lipinski definition) is 2. The third kappa shape index (κ3) is 5.36. The summed E-state index contributed by atoms with van der Waals surface area (Å²) in [5.74, 6) is 0.574. The summed E-state index contributed by atoms with van der Waals surface area (Å²) in [6.45, 7) is 6.86. The number of amidine groups is 1. The van der Waals surface area contributed by atoms with Crippen molar-refractivity contribution in [2.24, 2.45) is 10.9 Å². The van der Waals surface area contributed by atoms with Gasteiger partial charge in [-0.05, 0) is 39.0 Å². The van der Waals surface area contributed by atoms with E-state index in [-0.39, 0.29) is 11.4 Å². The monoisotopic (exact) mass is 286 g/mol. The second kappa shape index (κ2) is 6.63. The van der Waals surface area contributed by atoms with E-state index in [0.29, 0.717) is 29.5 Å². The lowest BCUT2D eigenvalue weighted by Gasteiger charge is -2.19. The maximum atomic E-state index is 8.59. The Morgan fingerprint density at radius 1 is 1.37 bits per heavy atom. The van der Waals surface area contributed by atoms with Crippen LogP contribution in [0.15, 0.2) is 23.4 Å². The molecule has 0 fully saturated rings. The van der Waals surface area contributed by atoms with Gasteiger partial charge in [-0.1, -0.05) is 16.8 Å². The van der Waals surface area contributed by atoms with Crippen molar-refractivity contribution in [3.05, 3.63) is 28.8 Å². The molecule has 0 aromatic heterocycles. The number of oxime groups is 1. The van der Waals surface area contributed by atoms with Crippen molar-refractivity contribution in [2.75, 3.05) is 13.2 Å². The third-order valence-corrected chi connectivity index (χ3v) is 2.52. The highest BCUT2D eigenvalue weighted by Gasteiger charge is 2.10. The molecule has 0 spiro atoms. The summed E-state index contributed by atoms with van der Waals surface area (Å²) in [6, 6.07) is 4.96. The minimum Gasteiger partial charge on any atom is -0.491 e. The molecule has 0 amide bonds. The average molecular weight is 287 g/mol. The molecule has 0 saturated carbocycles. The van der Waals surface area contributed by atoms with Crippen molar-refractivity contribution in [1.82, 2.24) is 0 Å². The van der Waals surface area contributed by atoms with Crippen molar-refractivity contribution >= 4 is 17.4 Å². The standard InChI is InChI=1S/C13H19ClN2O3/c1-13(2,3)19-7-6-18-9-4-5-10(11(14)8-9)12(15)16-17/h4-5,8,17H,6-7H2,1-3H3,(H2,15,16). The number of benzene rings is 1. The van der Waals surface area contributed by atoms with Gasteiger partial charge in [0.05, 0.1) is 17.2 Å². The highest BCUT2D eigenvalue weighted by atomic mass is 35.5. The first kappa shape index (κ1) is 15.6. The summed E-state index contributed by atoms with van der Waals surface area (Å²) in [6.07, 6.45) is 0. The van der Waals surface area contributed by atoms with Crippen molar-refractivity contribution in [3.63, 3.8) is 0 Å². The minimum atomic E-state index is -0.184. The van der Waals surface area contributed by atoms with Crippen LogP contribution < -0.4 is 10.5 Å². The molecule has 1 rings (SSSR count). The van der Waals surface area contributed by atoms with Gasteiger partial charge in [0.25, 0.3) is 0 Å². The number of hydrogen-bond acceptors (Lipinski definition) is 4. The molecular formula is C13H19ClN2O3. The van der Waals surface area contributed by atoms with E-state index in [2.05, 4.69) is 5.16 Å². The molecule has 19 heavy (non-hydrogen) atoms. The van der Waals surface area contributed by atoms with Crippen LogP contribution in [0, 0.1) is 0 Å². The molecule has 1 aromatic rings. The van der Waals surface area contributed by atoms with Crippen LogP contribution in [-0.4, -0.2) is 29.9 Å². The van der Waals surface area contributed by atoms with Gasteiger partial charge < -0.3 is 20.4 Å². The second-order valence-corrected chi connectivity index (χ2v) is 5.34. The molecule has 106 valence electrons.